The minimum Gasteiger partial charge on any atom is -0.507 e. The molecule has 0 radical (unpaired) electrons. The fourth-order valence-corrected chi connectivity index (χ4v) is 4.76. The molecule has 1 fully saturated rings. The van der Waals surface area contributed by atoms with E-state index in [1.54, 1.807) is 50.6 Å². The van der Waals surface area contributed by atoms with E-state index in [2.05, 4.69) is 6.92 Å². The first-order valence-corrected chi connectivity index (χ1v) is 13.3. The van der Waals surface area contributed by atoms with Gasteiger partial charge in [-0.3, -0.25) is 9.59 Å². The van der Waals surface area contributed by atoms with Gasteiger partial charge in [0.15, 0.2) is 11.5 Å². The lowest BCUT2D eigenvalue weighted by Crippen LogP contribution is -2.31. The van der Waals surface area contributed by atoms with E-state index in [1.807, 2.05) is 36.4 Å². The van der Waals surface area contributed by atoms with E-state index in [9.17, 15) is 14.7 Å². The molecule has 1 heterocycles. The van der Waals surface area contributed by atoms with Crippen LogP contribution in [0.25, 0.3) is 5.76 Å². The van der Waals surface area contributed by atoms with Crippen molar-refractivity contribution in [3.63, 3.8) is 0 Å². The topological polar surface area (TPSA) is 85.3 Å². The molecule has 0 aromatic heterocycles. The summed E-state index contributed by atoms with van der Waals surface area (Å²) in [6.45, 7) is 3.00. The van der Waals surface area contributed by atoms with Crippen LogP contribution >= 0.6 is 0 Å². The Morgan fingerprint density at radius 3 is 2.31 bits per heavy atom. The Morgan fingerprint density at radius 2 is 1.64 bits per heavy atom. The highest BCUT2D eigenvalue weighted by atomic mass is 16.5. The number of benzene rings is 3. The Labute approximate surface area is 229 Å². The third-order valence-electron chi connectivity index (χ3n) is 6.90. The maximum atomic E-state index is 13.4. The zero-order chi connectivity index (χ0) is 27.8. The van der Waals surface area contributed by atoms with Crippen LogP contribution < -0.4 is 14.2 Å². The minimum absolute atomic E-state index is 0.0388. The fraction of sp³-hybridized carbons (Fsp3) is 0.312. The van der Waals surface area contributed by atoms with Crippen molar-refractivity contribution >= 4 is 17.4 Å². The first-order chi connectivity index (χ1) is 19.0. The van der Waals surface area contributed by atoms with Crippen molar-refractivity contribution in [1.29, 1.82) is 0 Å². The lowest BCUT2D eigenvalue weighted by Gasteiger charge is -2.26. The molecule has 0 bridgehead atoms. The maximum Gasteiger partial charge on any atom is 0.295 e. The average molecular weight is 530 g/mol. The van der Waals surface area contributed by atoms with Gasteiger partial charge in [0, 0.05) is 12.1 Å². The average Bonchev–Trinajstić information content (AvgIpc) is 3.23. The van der Waals surface area contributed by atoms with Crippen molar-refractivity contribution in [2.75, 3.05) is 27.4 Å². The van der Waals surface area contributed by atoms with Gasteiger partial charge in [-0.1, -0.05) is 56.2 Å². The molecule has 7 nitrogen and oxygen atoms in total. The number of carbonyl (C=O) groups is 2. The van der Waals surface area contributed by atoms with Crippen molar-refractivity contribution in [2.45, 2.75) is 38.6 Å². The molecular formula is C32H35NO6. The van der Waals surface area contributed by atoms with Crippen LogP contribution in [0.3, 0.4) is 0 Å². The molecule has 0 aliphatic carbocycles. The fourth-order valence-electron chi connectivity index (χ4n) is 4.76. The zero-order valence-corrected chi connectivity index (χ0v) is 22.7. The van der Waals surface area contributed by atoms with E-state index in [-0.39, 0.29) is 11.3 Å². The van der Waals surface area contributed by atoms with E-state index < -0.39 is 17.7 Å². The summed E-state index contributed by atoms with van der Waals surface area (Å²) in [5.41, 5.74) is 2.15. The van der Waals surface area contributed by atoms with E-state index >= 15 is 0 Å². The molecule has 0 saturated carbocycles. The molecule has 1 saturated heterocycles. The number of methoxy groups -OCH3 is 2. The molecular weight excluding hydrogens is 494 g/mol. The van der Waals surface area contributed by atoms with Crippen LogP contribution in [-0.2, 0) is 16.0 Å². The molecule has 1 aliphatic rings. The number of rotatable bonds is 12. The second-order valence-electron chi connectivity index (χ2n) is 9.42. The number of likely N-dealkylation sites (tertiary alicyclic amines) is 1. The number of ether oxygens (including phenoxy) is 3. The summed E-state index contributed by atoms with van der Waals surface area (Å²) in [5.74, 6) is 0.105. The van der Waals surface area contributed by atoms with Gasteiger partial charge in [-0.25, -0.2) is 0 Å². The molecule has 3 aromatic carbocycles. The van der Waals surface area contributed by atoms with Crippen LogP contribution in [0.4, 0.5) is 0 Å². The highest BCUT2D eigenvalue weighted by Crippen LogP contribution is 2.42. The summed E-state index contributed by atoms with van der Waals surface area (Å²) in [4.78, 5) is 28.2. The Kier molecular flexibility index (Phi) is 9.26. The smallest absolute Gasteiger partial charge is 0.295 e. The lowest BCUT2D eigenvalue weighted by atomic mass is 9.94. The SMILES string of the molecule is CCCCCOc1ccc(C2C(=C(O)c3ccc(OC)cc3)C(=O)C(=O)N2CCc2ccccc2)cc1OC. The van der Waals surface area contributed by atoms with Crippen molar-refractivity contribution in [1.82, 2.24) is 4.90 Å². The summed E-state index contributed by atoms with van der Waals surface area (Å²) in [5, 5.41) is 11.3. The Balaban J connectivity index is 1.75. The molecule has 39 heavy (non-hydrogen) atoms. The zero-order valence-electron chi connectivity index (χ0n) is 22.7. The first-order valence-electron chi connectivity index (χ1n) is 13.3. The molecule has 1 aliphatic heterocycles. The highest BCUT2D eigenvalue weighted by Gasteiger charge is 2.46. The Morgan fingerprint density at radius 1 is 0.897 bits per heavy atom. The van der Waals surface area contributed by atoms with Crippen molar-refractivity contribution in [2.24, 2.45) is 0 Å². The standard InChI is InChI=1S/C32H35NO6/c1-4-5-9-20-39-26-17-14-24(21-27(26)38-3)29-28(30(34)23-12-15-25(37-2)16-13-23)31(35)32(36)33(29)19-18-22-10-7-6-8-11-22/h6-8,10-17,21,29,34H,4-5,9,18-20H2,1-3H3. The number of aliphatic hydroxyl groups excluding tert-OH is 1. The van der Waals surface area contributed by atoms with Gasteiger partial charge >= 0.3 is 0 Å². The lowest BCUT2D eigenvalue weighted by molar-refractivity contribution is -0.139. The first kappa shape index (κ1) is 27.8. The van der Waals surface area contributed by atoms with Gasteiger partial charge in [0.2, 0.25) is 0 Å². The van der Waals surface area contributed by atoms with Crippen LogP contribution in [-0.4, -0.2) is 49.1 Å². The van der Waals surface area contributed by atoms with Gasteiger partial charge in [-0.15, -0.1) is 0 Å². The third kappa shape index (κ3) is 6.25. The number of hydrogen-bond donors (Lipinski definition) is 1. The maximum absolute atomic E-state index is 13.4. The molecule has 7 heteroatoms. The number of hydrogen-bond acceptors (Lipinski definition) is 6. The van der Waals surface area contributed by atoms with Crippen LogP contribution in [0.2, 0.25) is 0 Å². The minimum atomic E-state index is -0.793. The number of ketones is 1. The molecule has 3 aromatic rings. The van der Waals surface area contributed by atoms with Gasteiger partial charge in [-0.2, -0.15) is 0 Å². The predicted molar refractivity (Wildman–Crippen MR) is 150 cm³/mol. The summed E-state index contributed by atoms with van der Waals surface area (Å²) in [7, 11) is 3.11. The number of Topliss-reactive ketones (excluding diaryl/α,β-unsaturated/α-hetero) is 1. The Hall–Kier alpha value is -4.26. The van der Waals surface area contributed by atoms with Crippen molar-refractivity contribution < 1.29 is 28.9 Å². The van der Waals surface area contributed by atoms with Crippen LogP contribution in [0, 0.1) is 0 Å². The van der Waals surface area contributed by atoms with Gasteiger partial charge < -0.3 is 24.2 Å². The van der Waals surface area contributed by atoms with E-state index in [1.165, 1.54) is 4.90 Å². The van der Waals surface area contributed by atoms with Crippen molar-refractivity contribution in [3.05, 3.63) is 95.1 Å². The number of unbranched alkanes of at least 4 members (excludes halogenated alkanes) is 2. The van der Waals surface area contributed by atoms with Crippen LogP contribution in [0.5, 0.6) is 17.2 Å². The predicted octanol–water partition coefficient (Wildman–Crippen LogP) is 5.94. The Bertz CT molecular complexity index is 1320. The quantitative estimate of drug-likeness (QED) is 0.135. The molecule has 1 atom stereocenters. The largest absolute Gasteiger partial charge is 0.507 e. The second kappa shape index (κ2) is 13.0. The van der Waals surface area contributed by atoms with Gasteiger partial charge in [-0.05, 0) is 60.4 Å². The van der Waals surface area contributed by atoms with Gasteiger partial charge in [0.05, 0.1) is 32.4 Å². The van der Waals surface area contributed by atoms with E-state index in [4.69, 9.17) is 14.2 Å². The third-order valence-corrected chi connectivity index (χ3v) is 6.90. The van der Waals surface area contributed by atoms with Crippen LogP contribution in [0.1, 0.15) is 48.9 Å². The second-order valence-corrected chi connectivity index (χ2v) is 9.42. The highest BCUT2D eigenvalue weighted by molar-refractivity contribution is 6.46. The molecule has 0 spiro atoms. The molecule has 1 N–H and O–H groups in total. The van der Waals surface area contributed by atoms with Gasteiger partial charge in [0.25, 0.3) is 11.7 Å². The summed E-state index contributed by atoms with van der Waals surface area (Å²) in [6.07, 6.45) is 3.66. The number of nitrogens with zero attached hydrogens (tertiary/aromatic N) is 1. The number of amides is 1. The number of carbonyl (C=O) groups excluding carboxylic acids is 2. The summed E-state index contributed by atoms with van der Waals surface area (Å²) < 4.78 is 16.8. The van der Waals surface area contributed by atoms with E-state index in [0.717, 1.165) is 24.8 Å². The van der Waals surface area contributed by atoms with Crippen molar-refractivity contribution in [3.8, 4) is 17.2 Å². The van der Waals surface area contributed by atoms with E-state index in [0.29, 0.717) is 47.9 Å². The molecule has 1 unspecified atom stereocenters. The number of aliphatic hydroxyl groups is 1. The monoisotopic (exact) mass is 529 g/mol. The summed E-state index contributed by atoms with van der Waals surface area (Å²) in [6, 6.07) is 21.1. The molecule has 1 amide bonds. The van der Waals surface area contributed by atoms with Gasteiger partial charge in [0.1, 0.15) is 11.5 Å². The molecule has 4 rings (SSSR count). The molecule has 204 valence electrons. The summed E-state index contributed by atoms with van der Waals surface area (Å²) >= 11 is 0. The normalized spacial score (nSPS) is 16.4. The van der Waals surface area contributed by atoms with Crippen LogP contribution in [0.15, 0.2) is 78.4 Å².